The first-order valence-electron chi connectivity index (χ1n) is 6.06. The molecule has 0 aromatic heterocycles. The van der Waals surface area contributed by atoms with E-state index in [-0.39, 0.29) is 6.29 Å². The number of rotatable bonds is 5. The van der Waals surface area contributed by atoms with Crippen LogP contribution in [0.1, 0.15) is 12.8 Å². The molecule has 0 amide bonds. The minimum Gasteiger partial charge on any atom is -0.495 e. The summed E-state index contributed by atoms with van der Waals surface area (Å²) in [5.41, 5.74) is 0. The van der Waals surface area contributed by atoms with E-state index in [1.807, 2.05) is 24.3 Å². The van der Waals surface area contributed by atoms with Gasteiger partial charge < -0.3 is 14.2 Å². The summed E-state index contributed by atoms with van der Waals surface area (Å²) in [4.78, 5) is 0.732. The first-order valence-corrected chi connectivity index (χ1v) is 7.38. The Hall–Kier alpha value is -0.910. The first kappa shape index (κ1) is 13.5. The molecule has 1 aromatic carbocycles. The van der Waals surface area contributed by atoms with Crippen molar-refractivity contribution in [1.82, 2.24) is 0 Å². The molecule has 0 aliphatic carbocycles. The summed E-state index contributed by atoms with van der Waals surface area (Å²) in [5, 5.41) is 0. The molecule has 1 atom stereocenters. The molecule has 0 bridgehead atoms. The zero-order chi connectivity index (χ0) is 12.8. The van der Waals surface area contributed by atoms with Crippen LogP contribution < -0.4 is 4.74 Å². The minimum absolute atomic E-state index is 0.211. The smallest absolute Gasteiger partial charge is 0.158 e. The van der Waals surface area contributed by atoms with Crippen molar-refractivity contribution in [3.8, 4) is 5.75 Å². The number of ether oxygens (including phenoxy) is 3. The van der Waals surface area contributed by atoms with Gasteiger partial charge in [-0.3, -0.25) is 4.21 Å². The van der Waals surface area contributed by atoms with Crippen LogP contribution in [0.3, 0.4) is 0 Å². The zero-order valence-corrected chi connectivity index (χ0v) is 11.3. The predicted octanol–water partition coefficient (Wildman–Crippen LogP) is 1.96. The fraction of sp³-hybridized carbons (Fsp3) is 0.538. The molecule has 1 aromatic rings. The highest BCUT2D eigenvalue weighted by atomic mass is 32.2. The molecule has 1 unspecified atom stereocenters. The first-order chi connectivity index (χ1) is 8.81. The van der Waals surface area contributed by atoms with E-state index < -0.39 is 10.8 Å². The molecule has 0 spiro atoms. The monoisotopic (exact) mass is 270 g/mol. The summed E-state index contributed by atoms with van der Waals surface area (Å²) in [6.07, 6.45) is 1.37. The molecule has 0 radical (unpaired) electrons. The quantitative estimate of drug-likeness (QED) is 0.820. The molecule has 18 heavy (non-hydrogen) atoms. The number of hydrogen-bond donors (Lipinski definition) is 0. The molecule has 1 fully saturated rings. The number of methoxy groups -OCH3 is 1. The molecule has 4 nitrogen and oxygen atoms in total. The molecule has 0 saturated carbocycles. The van der Waals surface area contributed by atoms with E-state index in [1.165, 1.54) is 0 Å². The second kappa shape index (κ2) is 6.87. The Morgan fingerprint density at radius 3 is 2.78 bits per heavy atom. The van der Waals surface area contributed by atoms with Gasteiger partial charge in [-0.05, 0) is 18.6 Å². The van der Waals surface area contributed by atoms with Gasteiger partial charge in [-0.25, -0.2) is 0 Å². The van der Waals surface area contributed by atoms with Crippen molar-refractivity contribution < 1.29 is 18.4 Å². The summed E-state index contributed by atoms with van der Waals surface area (Å²) >= 11 is 0. The van der Waals surface area contributed by atoms with Crippen molar-refractivity contribution in [2.24, 2.45) is 0 Å². The van der Waals surface area contributed by atoms with Gasteiger partial charge in [-0.2, -0.15) is 0 Å². The van der Waals surface area contributed by atoms with E-state index in [2.05, 4.69) is 0 Å². The second-order valence-electron chi connectivity index (χ2n) is 4.01. The third-order valence-corrected chi connectivity index (χ3v) is 4.18. The van der Waals surface area contributed by atoms with Gasteiger partial charge in [0.25, 0.3) is 0 Å². The van der Waals surface area contributed by atoms with Crippen LogP contribution in [0.15, 0.2) is 29.2 Å². The zero-order valence-electron chi connectivity index (χ0n) is 10.5. The molecule has 1 aliphatic heterocycles. The van der Waals surface area contributed by atoms with Gasteiger partial charge in [0.15, 0.2) is 6.29 Å². The molecular formula is C13H18O4S. The van der Waals surface area contributed by atoms with Crippen LogP contribution >= 0.6 is 0 Å². The third kappa shape index (κ3) is 3.54. The van der Waals surface area contributed by atoms with Gasteiger partial charge in [-0.1, -0.05) is 12.1 Å². The lowest BCUT2D eigenvalue weighted by molar-refractivity contribution is -0.178. The Kier molecular flexibility index (Phi) is 5.16. The van der Waals surface area contributed by atoms with E-state index in [4.69, 9.17) is 14.2 Å². The van der Waals surface area contributed by atoms with E-state index in [9.17, 15) is 4.21 Å². The Morgan fingerprint density at radius 2 is 2.06 bits per heavy atom. The van der Waals surface area contributed by atoms with Crippen molar-refractivity contribution in [2.45, 2.75) is 24.0 Å². The Morgan fingerprint density at radius 1 is 1.33 bits per heavy atom. The summed E-state index contributed by atoms with van der Waals surface area (Å²) in [6.45, 7) is 1.46. The van der Waals surface area contributed by atoms with E-state index in [0.29, 0.717) is 17.9 Å². The second-order valence-corrected chi connectivity index (χ2v) is 5.55. The SMILES string of the molecule is COc1ccccc1S(=O)CCC1OCCCO1. The Labute approximate surface area is 110 Å². The van der Waals surface area contributed by atoms with Gasteiger partial charge >= 0.3 is 0 Å². The topological polar surface area (TPSA) is 44.8 Å². The highest BCUT2D eigenvalue weighted by Gasteiger charge is 2.17. The van der Waals surface area contributed by atoms with Crippen molar-refractivity contribution >= 4 is 10.8 Å². The lowest BCUT2D eigenvalue weighted by atomic mass is 10.3. The standard InChI is InChI=1S/C13H18O4S/c1-15-11-5-2-3-6-12(11)18(14)10-7-13-16-8-4-9-17-13/h2-3,5-6,13H,4,7-10H2,1H3. The largest absolute Gasteiger partial charge is 0.495 e. The average molecular weight is 270 g/mol. The molecular weight excluding hydrogens is 252 g/mol. The van der Waals surface area contributed by atoms with Crippen LogP contribution in [0, 0.1) is 0 Å². The van der Waals surface area contributed by atoms with Crippen LogP contribution in [0.5, 0.6) is 5.75 Å². The van der Waals surface area contributed by atoms with Crippen LogP contribution in [0.2, 0.25) is 0 Å². The summed E-state index contributed by atoms with van der Waals surface area (Å²) in [7, 11) is 0.505. The van der Waals surface area contributed by atoms with Gasteiger partial charge in [0.1, 0.15) is 5.75 Å². The van der Waals surface area contributed by atoms with Crippen molar-refractivity contribution in [1.29, 1.82) is 0 Å². The van der Waals surface area contributed by atoms with Crippen LogP contribution in [-0.2, 0) is 20.3 Å². The molecule has 1 aliphatic rings. The van der Waals surface area contributed by atoms with Gasteiger partial charge in [0, 0.05) is 12.2 Å². The molecule has 1 heterocycles. The van der Waals surface area contributed by atoms with Gasteiger partial charge in [0.2, 0.25) is 0 Å². The summed E-state index contributed by atoms with van der Waals surface area (Å²) < 4.78 is 28.3. The predicted molar refractivity (Wildman–Crippen MR) is 69.2 cm³/mol. The minimum atomic E-state index is -1.08. The Bertz CT molecular complexity index is 402. The molecule has 2 rings (SSSR count). The summed E-state index contributed by atoms with van der Waals surface area (Å²) in [6, 6.07) is 7.38. The maximum atomic E-state index is 12.2. The third-order valence-electron chi connectivity index (χ3n) is 2.75. The van der Waals surface area contributed by atoms with Crippen molar-refractivity contribution in [3.63, 3.8) is 0 Å². The van der Waals surface area contributed by atoms with Crippen LogP contribution in [-0.4, -0.2) is 36.6 Å². The molecule has 1 saturated heterocycles. The molecule has 100 valence electrons. The van der Waals surface area contributed by atoms with Crippen LogP contribution in [0.4, 0.5) is 0 Å². The summed E-state index contributed by atoms with van der Waals surface area (Å²) in [5.74, 6) is 1.19. The van der Waals surface area contributed by atoms with Crippen molar-refractivity contribution in [2.75, 3.05) is 26.1 Å². The van der Waals surface area contributed by atoms with E-state index in [0.717, 1.165) is 24.5 Å². The van der Waals surface area contributed by atoms with Gasteiger partial charge in [0.05, 0.1) is 36.0 Å². The Balaban J connectivity index is 1.90. The van der Waals surface area contributed by atoms with Gasteiger partial charge in [-0.15, -0.1) is 0 Å². The van der Waals surface area contributed by atoms with Crippen molar-refractivity contribution in [3.05, 3.63) is 24.3 Å². The number of para-hydroxylation sites is 1. The average Bonchev–Trinajstić information content (AvgIpc) is 2.45. The normalized spacial score (nSPS) is 18.5. The maximum absolute atomic E-state index is 12.2. The van der Waals surface area contributed by atoms with E-state index in [1.54, 1.807) is 7.11 Å². The molecule has 5 heteroatoms. The lowest BCUT2D eigenvalue weighted by Gasteiger charge is -2.22. The highest BCUT2D eigenvalue weighted by Crippen LogP contribution is 2.22. The fourth-order valence-electron chi connectivity index (χ4n) is 1.82. The van der Waals surface area contributed by atoms with E-state index >= 15 is 0 Å². The fourth-order valence-corrected chi connectivity index (χ4v) is 3.06. The van der Waals surface area contributed by atoms with Crippen LogP contribution in [0.25, 0.3) is 0 Å². The number of benzene rings is 1. The highest BCUT2D eigenvalue weighted by molar-refractivity contribution is 7.85. The molecule has 0 N–H and O–H groups in total. The lowest BCUT2D eigenvalue weighted by Crippen LogP contribution is -2.26. The maximum Gasteiger partial charge on any atom is 0.158 e. The number of hydrogen-bond acceptors (Lipinski definition) is 4.